The lowest BCUT2D eigenvalue weighted by Gasteiger charge is -2.13. The van der Waals surface area contributed by atoms with Crippen LogP contribution >= 0.6 is 11.8 Å². The van der Waals surface area contributed by atoms with Gasteiger partial charge in [-0.25, -0.2) is 0 Å². The Kier molecular flexibility index (Phi) is 6.39. The van der Waals surface area contributed by atoms with E-state index in [-0.39, 0.29) is 10.5 Å². The minimum Gasteiger partial charge on any atom is -0.493 e. The van der Waals surface area contributed by atoms with Crippen molar-refractivity contribution in [2.75, 3.05) is 26.1 Å². The summed E-state index contributed by atoms with van der Waals surface area (Å²) in [6.07, 6.45) is 1.55. The first-order chi connectivity index (χ1) is 14.5. The molecular formula is C21H17N3O5S. The molecule has 152 valence electrons. The van der Waals surface area contributed by atoms with Crippen LogP contribution in [0.5, 0.6) is 11.5 Å². The zero-order valence-electron chi connectivity index (χ0n) is 16.2. The van der Waals surface area contributed by atoms with Crippen molar-refractivity contribution in [2.45, 2.75) is 0 Å². The SMILES string of the molecule is COc1ccc(/C=C2\SC(=O)N(CC(=O)Nc3ccccc3C#N)C2=O)cc1OC. The minimum atomic E-state index is -0.577. The molecule has 1 heterocycles. The summed E-state index contributed by atoms with van der Waals surface area (Å²) in [5.41, 5.74) is 1.25. The third kappa shape index (κ3) is 4.45. The number of carbonyl (C=O) groups is 3. The molecule has 2 aromatic rings. The lowest BCUT2D eigenvalue weighted by atomic mass is 10.2. The fourth-order valence-corrected chi connectivity index (χ4v) is 3.59. The number of benzene rings is 2. The lowest BCUT2D eigenvalue weighted by Crippen LogP contribution is -2.36. The van der Waals surface area contributed by atoms with Crippen LogP contribution in [0.2, 0.25) is 0 Å². The Morgan fingerprint density at radius 2 is 1.90 bits per heavy atom. The molecule has 1 N–H and O–H groups in total. The molecule has 30 heavy (non-hydrogen) atoms. The predicted molar refractivity (Wildman–Crippen MR) is 112 cm³/mol. The second kappa shape index (κ2) is 9.15. The molecule has 1 aliphatic heterocycles. The van der Waals surface area contributed by atoms with Gasteiger partial charge in [0.2, 0.25) is 5.91 Å². The van der Waals surface area contributed by atoms with Crippen molar-refractivity contribution in [3.63, 3.8) is 0 Å². The van der Waals surface area contributed by atoms with Crippen molar-refractivity contribution in [3.8, 4) is 17.6 Å². The molecule has 3 amide bonds. The summed E-state index contributed by atoms with van der Waals surface area (Å²) in [5, 5.41) is 11.1. The van der Waals surface area contributed by atoms with Gasteiger partial charge in [0.1, 0.15) is 12.6 Å². The maximum atomic E-state index is 12.6. The highest BCUT2D eigenvalue weighted by Crippen LogP contribution is 2.34. The molecule has 8 nitrogen and oxygen atoms in total. The number of ether oxygens (including phenoxy) is 2. The lowest BCUT2D eigenvalue weighted by molar-refractivity contribution is -0.127. The predicted octanol–water partition coefficient (Wildman–Crippen LogP) is 3.25. The van der Waals surface area contributed by atoms with Crippen LogP contribution in [0.25, 0.3) is 6.08 Å². The number of anilines is 1. The molecule has 0 bridgehead atoms. The summed E-state index contributed by atoms with van der Waals surface area (Å²) in [7, 11) is 3.02. The van der Waals surface area contributed by atoms with Crippen LogP contribution < -0.4 is 14.8 Å². The molecule has 0 aromatic heterocycles. The van der Waals surface area contributed by atoms with E-state index < -0.39 is 23.6 Å². The van der Waals surface area contributed by atoms with Crippen LogP contribution in [0, 0.1) is 11.3 Å². The molecule has 9 heteroatoms. The summed E-state index contributed by atoms with van der Waals surface area (Å²) in [6.45, 7) is -0.451. The monoisotopic (exact) mass is 423 g/mol. The molecule has 1 saturated heterocycles. The first-order valence-electron chi connectivity index (χ1n) is 8.73. The molecule has 1 aliphatic rings. The average molecular weight is 423 g/mol. The van der Waals surface area contributed by atoms with E-state index in [1.165, 1.54) is 14.2 Å². The summed E-state index contributed by atoms with van der Waals surface area (Å²) < 4.78 is 10.4. The van der Waals surface area contributed by atoms with Gasteiger partial charge < -0.3 is 14.8 Å². The van der Waals surface area contributed by atoms with Crippen molar-refractivity contribution < 1.29 is 23.9 Å². The van der Waals surface area contributed by atoms with E-state index in [0.717, 1.165) is 16.7 Å². The Labute approximate surface area is 177 Å². The van der Waals surface area contributed by atoms with Crippen LogP contribution in [-0.4, -0.2) is 42.7 Å². The number of imide groups is 1. The quantitative estimate of drug-likeness (QED) is 0.711. The number of nitriles is 1. The largest absolute Gasteiger partial charge is 0.493 e. The van der Waals surface area contributed by atoms with E-state index in [4.69, 9.17) is 14.7 Å². The third-order valence-corrected chi connectivity index (χ3v) is 5.11. The number of para-hydroxylation sites is 1. The van der Waals surface area contributed by atoms with Gasteiger partial charge in [0.05, 0.1) is 30.4 Å². The second-order valence-corrected chi connectivity index (χ2v) is 7.08. The van der Waals surface area contributed by atoms with Crippen molar-refractivity contribution in [1.82, 2.24) is 4.90 Å². The number of nitrogens with zero attached hydrogens (tertiary/aromatic N) is 2. The fourth-order valence-electron chi connectivity index (χ4n) is 2.75. The molecule has 0 radical (unpaired) electrons. The highest BCUT2D eigenvalue weighted by atomic mass is 32.2. The first-order valence-corrected chi connectivity index (χ1v) is 9.55. The number of carbonyl (C=O) groups excluding carboxylic acids is 3. The molecule has 0 unspecified atom stereocenters. The molecule has 0 spiro atoms. The number of rotatable bonds is 6. The summed E-state index contributed by atoms with van der Waals surface area (Å²) >= 11 is 0.750. The first kappa shape index (κ1) is 21.0. The highest BCUT2D eigenvalue weighted by Gasteiger charge is 2.36. The van der Waals surface area contributed by atoms with Crippen molar-refractivity contribution in [2.24, 2.45) is 0 Å². The van der Waals surface area contributed by atoms with Gasteiger partial charge in [-0.2, -0.15) is 5.26 Å². The van der Waals surface area contributed by atoms with Crippen LogP contribution in [0.3, 0.4) is 0 Å². The van der Waals surface area contributed by atoms with Gasteiger partial charge >= 0.3 is 0 Å². The van der Waals surface area contributed by atoms with E-state index in [0.29, 0.717) is 22.7 Å². The van der Waals surface area contributed by atoms with Crippen molar-refractivity contribution in [3.05, 3.63) is 58.5 Å². The molecule has 0 aliphatic carbocycles. The minimum absolute atomic E-state index is 0.192. The third-order valence-electron chi connectivity index (χ3n) is 4.20. The molecule has 1 fully saturated rings. The van der Waals surface area contributed by atoms with Crippen LogP contribution in [0.1, 0.15) is 11.1 Å². The van der Waals surface area contributed by atoms with Gasteiger partial charge in [0, 0.05) is 0 Å². The number of nitrogens with one attached hydrogen (secondary N) is 1. The van der Waals surface area contributed by atoms with E-state index in [9.17, 15) is 14.4 Å². The molecule has 2 aromatic carbocycles. The van der Waals surface area contributed by atoms with Gasteiger partial charge in [0.15, 0.2) is 11.5 Å². The molecule has 0 saturated carbocycles. The van der Waals surface area contributed by atoms with Crippen molar-refractivity contribution in [1.29, 1.82) is 5.26 Å². The maximum absolute atomic E-state index is 12.6. The number of thioether (sulfide) groups is 1. The Bertz CT molecular complexity index is 1090. The maximum Gasteiger partial charge on any atom is 0.294 e. The Balaban J connectivity index is 1.74. The van der Waals surface area contributed by atoms with Crippen molar-refractivity contribution >= 4 is 40.6 Å². The van der Waals surface area contributed by atoms with E-state index >= 15 is 0 Å². The van der Waals surface area contributed by atoms with Crippen LogP contribution in [0.15, 0.2) is 47.4 Å². The highest BCUT2D eigenvalue weighted by molar-refractivity contribution is 8.18. The summed E-state index contributed by atoms with van der Waals surface area (Å²) in [6, 6.07) is 13.5. The number of hydrogen-bond donors (Lipinski definition) is 1. The summed E-state index contributed by atoms with van der Waals surface area (Å²) in [4.78, 5) is 38.3. The standard InChI is InChI=1S/C21H17N3O5S/c1-28-16-8-7-13(9-17(16)29-2)10-18-20(26)24(21(27)30-18)12-19(25)23-15-6-4-3-5-14(15)11-22/h3-10H,12H2,1-2H3,(H,23,25)/b18-10-. The smallest absolute Gasteiger partial charge is 0.294 e. The topological polar surface area (TPSA) is 109 Å². The van der Waals surface area contributed by atoms with E-state index in [1.54, 1.807) is 48.5 Å². The van der Waals surface area contributed by atoms with E-state index in [1.807, 2.05) is 6.07 Å². The number of methoxy groups -OCH3 is 2. The van der Waals surface area contributed by atoms with Gasteiger partial charge in [-0.05, 0) is 47.7 Å². The number of hydrogen-bond acceptors (Lipinski definition) is 7. The normalized spacial score (nSPS) is 14.6. The molecule has 3 rings (SSSR count). The van der Waals surface area contributed by atoms with Crippen LogP contribution in [-0.2, 0) is 9.59 Å². The van der Waals surface area contributed by atoms with Gasteiger partial charge in [0.25, 0.3) is 11.1 Å². The van der Waals surface area contributed by atoms with Gasteiger partial charge in [-0.1, -0.05) is 18.2 Å². The second-order valence-electron chi connectivity index (χ2n) is 6.09. The van der Waals surface area contributed by atoms with Crippen LogP contribution in [0.4, 0.5) is 10.5 Å². The zero-order valence-corrected chi connectivity index (χ0v) is 17.0. The number of amides is 3. The average Bonchev–Trinajstić information content (AvgIpc) is 3.01. The van der Waals surface area contributed by atoms with E-state index in [2.05, 4.69) is 5.32 Å². The van der Waals surface area contributed by atoms with Gasteiger partial charge in [-0.15, -0.1) is 0 Å². The Morgan fingerprint density at radius 3 is 2.60 bits per heavy atom. The Morgan fingerprint density at radius 1 is 1.17 bits per heavy atom. The zero-order chi connectivity index (χ0) is 21.7. The van der Waals surface area contributed by atoms with Gasteiger partial charge in [-0.3, -0.25) is 19.3 Å². The Hall–Kier alpha value is -3.77. The fraction of sp³-hybridized carbons (Fsp3) is 0.143. The summed E-state index contributed by atoms with van der Waals surface area (Å²) in [5.74, 6) is -0.117. The molecule has 0 atom stereocenters. The molecular weight excluding hydrogens is 406 g/mol.